The van der Waals surface area contributed by atoms with E-state index in [1.54, 1.807) is 6.07 Å². The molecule has 0 spiro atoms. The van der Waals surface area contributed by atoms with Crippen molar-refractivity contribution in [1.29, 1.82) is 0 Å². The molecule has 5 heteroatoms. The van der Waals surface area contributed by atoms with Gasteiger partial charge in [-0.05, 0) is 31.5 Å². The number of rotatable bonds is 7. The van der Waals surface area contributed by atoms with E-state index in [1.807, 2.05) is 6.07 Å². The Balaban J connectivity index is 2.20. The number of unbranched alkanes of at least 4 members (excludes halogenated alkanes) is 1. The van der Waals surface area contributed by atoms with Crippen LogP contribution in [0, 0.1) is 5.82 Å². The van der Waals surface area contributed by atoms with Crippen LogP contribution in [0.3, 0.4) is 0 Å². The zero-order valence-electron chi connectivity index (χ0n) is 9.51. The van der Waals surface area contributed by atoms with Crippen LogP contribution in [0.4, 0.5) is 4.39 Å². The predicted molar refractivity (Wildman–Crippen MR) is 68.9 cm³/mol. The number of carbonyl (C=O) groups excluding carboxylic acids is 1. The highest BCUT2D eigenvalue weighted by Gasteiger charge is 2.02. The van der Waals surface area contributed by atoms with E-state index in [2.05, 4.69) is 21.2 Å². The first kappa shape index (κ1) is 14.1. The number of nitrogens with one attached hydrogen (secondary N) is 1. The highest BCUT2D eigenvalue weighted by atomic mass is 79.9. The van der Waals surface area contributed by atoms with E-state index in [-0.39, 0.29) is 11.7 Å². The van der Waals surface area contributed by atoms with Crippen LogP contribution in [0.25, 0.3) is 0 Å². The first-order chi connectivity index (χ1) is 8.09. The van der Waals surface area contributed by atoms with Gasteiger partial charge in [-0.15, -0.1) is 0 Å². The first-order valence-corrected chi connectivity index (χ1v) is 6.32. The number of benzene rings is 1. The van der Waals surface area contributed by atoms with Crippen molar-refractivity contribution in [3.05, 3.63) is 34.1 Å². The summed E-state index contributed by atoms with van der Waals surface area (Å²) in [6.45, 7) is 1.25. The van der Waals surface area contributed by atoms with Gasteiger partial charge in [0, 0.05) is 23.0 Å². The standard InChI is InChI=1S/C12H16BrFN2O/c13-10-5-4-9(11(14)7-10)8-16-6-2-1-3-12(15)17/h4-5,7,16H,1-3,6,8H2,(H2,15,17). The second-order valence-corrected chi connectivity index (χ2v) is 4.75. The Morgan fingerprint density at radius 1 is 1.41 bits per heavy atom. The van der Waals surface area contributed by atoms with Crippen LogP contribution in [0.1, 0.15) is 24.8 Å². The third-order valence-corrected chi connectivity index (χ3v) is 2.85. The Morgan fingerprint density at radius 2 is 2.18 bits per heavy atom. The summed E-state index contributed by atoms with van der Waals surface area (Å²) in [5.74, 6) is -0.493. The van der Waals surface area contributed by atoms with Crippen LogP contribution in [-0.2, 0) is 11.3 Å². The molecule has 0 aliphatic carbocycles. The molecule has 17 heavy (non-hydrogen) atoms. The number of hydrogen-bond donors (Lipinski definition) is 2. The van der Waals surface area contributed by atoms with Gasteiger partial charge in [0.25, 0.3) is 0 Å². The monoisotopic (exact) mass is 302 g/mol. The van der Waals surface area contributed by atoms with Crippen LogP contribution < -0.4 is 11.1 Å². The van der Waals surface area contributed by atoms with Gasteiger partial charge in [0.15, 0.2) is 0 Å². The second kappa shape index (κ2) is 7.40. The Morgan fingerprint density at radius 3 is 2.82 bits per heavy atom. The average Bonchev–Trinajstić information content (AvgIpc) is 2.25. The van der Waals surface area contributed by atoms with Gasteiger partial charge in [0.2, 0.25) is 5.91 Å². The van der Waals surface area contributed by atoms with Crippen molar-refractivity contribution in [2.75, 3.05) is 6.54 Å². The quantitative estimate of drug-likeness (QED) is 0.760. The fraction of sp³-hybridized carbons (Fsp3) is 0.417. The van der Waals surface area contributed by atoms with E-state index in [1.165, 1.54) is 6.07 Å². The molecule has 3 nitrogen and oxygen atoms in total. The van der Waals surface area contributed by atoms with Crippen LogP contribution in [-0.4, -0.2) is 12.5 Å². The summed E-state index contributed by atoms with van der Waals surface area (Å²) >= 11 is 3.21. The van der Waals surface area contributed by atoms with Gasteiger partial charge in [-0.25, -0.2) is 4.39 Å². The zero-order valence-corrected chi connectivity index (χ0v) is 11.1. The number of halogens is 2. The summed E-state index contributed by atoms with van der Waals surface area (Å²) in [7, 11) is 0. The molecular weight excluding hydrogens is 287 g/mol. The topological polar surface area (TPSA) is 55.1 Å². The van der Waals surface area contributed by atoms with Crippen molar-refractivity contribution in [1.82, 2.24) is 5.32 Å². The van der Waals surface area contributed by atoms with Crippen molar-refractivity contribution < 1.29 is 9.18 Å². The minimum Gasteiger partial charge on any atom is -0.370 e. The van der Waals surface area contributed by atoms with Crippen LogP contribution in [0.5, 0.6) is 0 Å². The first-order valence-electron chi connectivity index (χ1n) is 5.52. The Hall–Kier alpha value is -0.940. The molecule has 0 radical (unpaired) electrons. The molecule has 0 bridgehead atoms. The number of primary amides is 1. The maximum absolute atomic E-state index is 13.4. The fourth-order valence-electron chi connectivity index (χ4n) is 1.44. The number of carbonyl (C=O) groups is 1. The Labute approximate surface area is 109 Å². The van der Waals surface area contributed by atoms with E-state index in [4.69, 9.17) is 5.73 Å². The molecule has 0 atom stereocenters. The van der Waals surface area contributed by atoms with Gasteiger partial charge in [0.1, 0.15) is 5.82 Å². The maximum Gasteiger partial charge on any atom is 0.217 e. The van der Waals surface area contributed by atoms with Gasteiger partial charge >= 0.3 is 0 Å². The Bertz CT molecular complexity index is 385. The van der Waals surface area contributed by atoms with Crippen LogP contribution >= 0.6 is 15.9 Å². The molecule has 3 N–H and O–H groups in total. The third kappa shape index (κ3) is 5.79. The van der Waals surface area contributed by atoms with E-state index < -0.39 is 0 Å². The summed E-state index contributed by atoms with van der Waals surface area (Å²) in [6.07, 6.45) is 2.04. The normalized spacial score (nSPS) is 10.5. The molecule has 0 aliphatic rings. The van der Waals surface area contributed by atoms with Crippen molar-refractivity contribution in [2.24, 2.45) is 5.73 Å². The summed E-state index contributed by atoms with van der Waals surface area (Å²) in [4.78, 5) is 10.5. The maximum atomic E-state index is 13.4. The summed E-state index contributed by atoms with van der Waals surface area (Å²) in [5.41, 5.74) is 5.66. The lowest BCUT2D eigenvalue weighted by Crippen LogP contribution is -2.16. The van der Waals surface area contributed by atoms with E-state index >= 15 is 0 Å². The van der Waals surface area contributed by atoms with Crippen molar-refractivity contribution in [3.8, 4) is 0 Å². The minimum atomic E-state index is -0.274. The van der Waals surface area contributed by atoms with Gasteiger partial charge in [-0.2, -0.15) is 0 Å². The van der Waals surface area contributed by atoms with E-state index in [0.29, 0.717) is 18.5 Å². The largest absolute Gasteiger partial charge is 0.370 e. The molecule has 1 rings (SSSR count). The molecule has 0 fully saturated rings. The molecule has 94 valence electrons. The zero-order chi connectivity index (χ0) is 12.7. The molecule has 0 saturated carbocycles. The fourth-order valence-corrected chi connectivity index (χ4v) is 1.77. The molecule has 0 unspecified atom stereocenters. The van der Waals surface area contributed by atoms with Crippen molar-refractivity contribution in [3.63, 3.8) is 0 Å². The lowest BCUT2D eigenvalue weighted by molar-refractivity contribution is -0.118. The third-order valence-electron chi connectivity index (χ3n) is 2.36. The summed E-state index contributed by atoms with van der Waals surface area (Å²) in [5, 5.41) is 3.13. The number of amides is 1. The summed E-state index contributed by atoms with van der Waals surface area (Å²) in [6, 6.07) is 5.01. The molecule has 1 amide bonds. The minimum absolute atomic E-state index is 0.219. The van der Waals surface area contributed by atoms with Crippen molar-refractivity contribution in [2.45, 2.75) is 25.8 Å². The second-order valence-electron chi connectivity index (χ2n) is 3.84. The molecule has 1 aromatic rings. The SMILES string of the molecule is NC(=O)CCCCNCc1ccc(Br)cc1F. The molecule has 0 aromatic heterocycles. The van der Waals surface area contributed by atoms with E-state index in [0.717, 1.165) is 23.9 Å². The number of nitrogens with two attached hydrogens (primary N) is 1. The highest BCUT2D eigenvalue weighted by molar-refractivity contribution is 9.10. The lowest BCUT2D eigenvalue weighted by atomic mass is 10.2. The number of hydrogen-bond acceptors (Lipinski definition) is 2. The highest BCUT2D eigenvalue weighted by Crippen LogP contribution is 2.14. The van der Waals surface area contributed by atoms with Gasteiger partial charge in [0.05, 0.1) is 0 Å². The van der Waals surface area contributed by atoms with Crippen molar-refractivity contribution >= 4 is 21.8 Å². The molecule has 0 heterocycles. The van der Waals surface area contributed by atoms with Gasteiger partial charge in [-0.3, -0.25) is 4.79 Å². The molecular formula is C12H16BrFN2O. The van der Waals surface area contributed by atoms with Crippen LogP contribution in [0.2, 0.25) is 0 Å². The van der Waals surface area contributed by atoms with Crippen LogP contribution in [0.15, 0.2) is 22.7 Å². The predicted octanol–water partition coefficient (Wildman–Crippen LogP) is 2.33. The molecule has 1 aromatic carbocycles. The average molecular weight is 303 g/mol. The summed E-state index contributed by atoms with van der Waals surface area (Å²) < 4.78 is 14.1. The van der Waals surface area contributed by atoms with Gasteiger partial charge < -0.3 is 11.1 Å². The van der Waals surface area contributed by atoms with E-state index in [9.17, 15) is 9.18 Å². The smallest absolute Gasteiger partial charge is 0.217 e. The molecule has 0 saturated heterocycles. The Kier molecular flexibility index (Phi) is 6.15. The molecule has 0 aliphatic heterocycles. The lowest BCUT2D eigenvalue weighted by Gasteiger charge is -2.06. The van der Waals surface area contributed by atoms with Gasteiger partial charge in [-0.1, -0.05) is 22.0 Å².